The van der Waals surface area contributed by atoms with Crippen molar-refractivity contribution in [2.75, 3.05) is 0 Å². The number of rotatable bonds is 4. The lowest BCUT2D eigenvalue weighted by atomic mass is 10.1. The summed E-state index contributed by atoms with van der Waals surface area (Å²) >= 11 is 0. The third-order valence-electron chi connectivity index (χ3n) is 2.83. The molecular formula is C12H15N3O3. The van der Waals surface area contributed by atoms with Crippen LogP contribution < -0.4 is 5.32 Å². The molecule has 0 aliphatic heterocycles. The molecule has 0 fully saturated rings. The molecule has 1 atom stereocenters. The normalized spacial score (nSPS) is 12.5. The van der Waals surface area contributed by atoms with Crippen LogP contribution in [-0.2, 0) is 6.54 Å². The van der Waals surface area contributed by atoms with Crippen molar-refractivity contribution < 1.29 is 15.3 Å². The van der Waals surface area contributed by atoms with Gasteiger partial charge in [-0.05, 0) is 13.0 Å². The summed E-state index contributed by atoms with van der Waals surface area (Å²) in [6.45, 7) is 2.33. The first-order valence-corrected chi connectivity index (χ1v) is 5.54. The van der Waals surface area contributed by atoms with Crippen LogP contribution in [0.1, 0.15) is 24.1 Å². The largest absolute Gasteiger partial charge is 0.504 e. The van der Waals surface area contributed by atoms with E-state index < -0.39 is 5.75 Å². The average molecular weight is 249 g/mol. The molecule has 1 heterocycles. The molecule has 0 radical (unpaired) electrons. The van der Waals surface area contributed by atoms with Gasteiger partial charge in [0.25, 0.3) is 0 Å². The van der Waals surface area contributed by atoms with Gasteiger partial charge in [0, 0.05) is 29.9 Å². The highest BCUT2D eigenvalue weighted by Crippen LogP contribution is 2.37. The van der Waals surface area contributed by atoms with Gasteiger partial charge in [0.1, 0.15) is 0 Å². The summed E-state index contributed by atoms with van der Waals surface area (Å²) in [5, 5.41) is 38.0. The highest BCUT2D eigenvalue weighted by molar-refractivity contribution is 5.53. The van der Waals surface area contributed by atoms with Crippen molar-refractivity contribution in [2.24, 2.45) is 0 Å². The Kier molecular flexibility index (Phi) is 3.38. The molecule has 6 heteroatoms. The van der Waals surface area contributed by atoms with Crippen LogP contribution in [0.2, 0.25) is 0 Å². The van der Waals surface area contributed by atoms with Crippen LogP contribution in [-0.4, -0.2) is 25.5 Å². The molecule has 0 aliphatic rings. The number of hydrogen-bond acceptors (Lipinski definition) is 5. The van der Waals surface area contributed by atoms with Gasteiger partial charge in [0.15, 0.2) is 11.5 Å². The summed E-state index contributed by atoms with van der Waals surface area (Å²) < 4.78 is 0. The lowest BCUT2D eigenvalue weighted by Gasteiger charge is -2.13. The number of phenolic OH excluding ortho intramolecular Hbond substituents is 3. The molecular weight excluding hydrogens is 234 g/mol. The summed E-state index contributed by atoms with van der Waals surface area (Å²) in [6, 6.07) is 2.95. The summed E-state index contributed by atoms with van der Waals surface area (Å²) in [5.41, 5.74) is 1.51. The zero-order chi connectivity index (χ0) is 13.1. The molecule has 1 aromatic heterocycles. The molecule has 96 valence electrons. The summed E-state index contributed by atoms with van der Waals surface area (Å²) in [7, 11) is 0. The van der Waals surface area contributed by atoms with E-state index in [-0.39, 0.29) is 17.5 Å². The van der Waals surface area contributed by atoms with Crippen molar-refractivity contribution in [3.63, 3.8) is 0 Å². The fourth-order valence-corrected chi connectivity index (χ4v) is 1.63. The Morgan fingerprint density at radius 3 is 2.72 bits per heavy atom. The van der Waals surface area contributed by atoms with Gasteiger partial charge in [-0.25, -0.2) is 0 Å². The molecule has 1 unspecified atom stereocenters. The van der Waals surface area contributed by atoms with Crippen LogP contribution in [0.3, 0.4) is 0 Å². The van der Waals surface area contributed by atoms with E-state index in [0.29, 0.717) is 12.1 Å². The number of hydrogen-bond donors (Lipinski definition) is 5. The maximum absolute atomic E-state index is 9.65. The second-order valence-corrected chi connectivity index (χ2v) is 4.08. The van der Waals surface area contributed by atoms with Gasteiger partial charge in [-0.1, -0.05) is 6.07 Å². The lowest BCUT2D eigenvalue weighted by molar-refractivity contribution is 0.363. The number of aromatic amines is 1. The van der Waals surface area contributed by atoms with E-state index in [1.165, 1.54) is 6.07 Å². The second-order valence-electron chi connectivity index (χ2n) is 4.08. The maximum atomic E-state index is 9.65. The van der Waals surface area contributed by atoms with Crippen LogP contribution >= 0.6 is 0 Å². The van der Waals surface area contributed by atoms with E-state index in [2.05, 4.69) is 15.5 Å². The number of aromatic nitrogens is 2. The van der Waals surface area contributed by atoms with E-state index in [1.807, 2.05) is 6.92 Å². The number of benzene rings is 1. The predicted molar refractivity (Wildman–Crippen MR) is 65.3 cm³/mol. The molecule has 0 aliphatic carbocycles. The highest BCUT2D eigenvalue weighted by Gasteiger charge is 2.12. The first-order chi connectivity index (χ1) is 8.59. The molecule has 2 aromatic rings. The Bertz CT molecular complexity index is 526. The van der Waals surface area contributed by atoms with Gasteiger partial charge in [-0.2, -0.15) is 5.10 Å². The van der Waals surface area contributed by atoms with E-state index in [0.717, 1.165) is 5.56 Å². The summed E-state index contributed by atoms with van der Waals surface area (Å²) in [5.74, 6) is -1.13. The van der Waals surface area contributed by atoms with E-state index >= 15 is 0 Å². The molecule has 1 aromatic carbocycles. The molecule has 0 amide bonds. The van der Waals surface area contributed by atoms with Gasteiger partial charge in [0.05, 0.1) is 6.20 Å². The molecule has 18 heavy (non-hydrogen) atoms. The minimum absolute atomic E-state index is 0.0547. The number of aromatic hydroxyl groups is 3. The Balaban J connectivity index is 2.05. The second kappa shape index (κ2) is 4.97. The van der Waals surface area contributed by atoms with Crippen LogP contribution in [0, 0.1) is 0 Å². The molecule has 6 nitrogen and oxygen atoms in total. The van der Waals surface area contributed by atoms with Crippen molar-refractivity contribution in [1.82, 2.24) is 15.5 Å². The zero-order valence-corrected chi connectivity index (χ0v) is 9.88. The van der Waals surface area contributed by atoms with Crippen LogP contribution in [0.25, 0.3) is 0 Å². The fourth-order valence-electron chi connectivity index (χ4n) is 1.63. The monoisotopic (exact) mass is 249 g/mol. The van der Waals surface area contributed by atoms with Gasteiger partial charge in [-0.15, -0.1) is 0 Å². The van der Waals surface area contributed by atoms with Gasteiger partial charge < -0.3 is 20.6 Å². The summed E-state index contributed by atoms with van der Waals surface area (Å²) in [4.78, 5) is 0. The van der Waals surface area contributed by atoms with Crippen molar-refractivity contribution in [3.05, 3.63) is 35.7 Å². The quantitative estimate of drug-likeness (QED) is 0.527. The molecule has 0 bridgehead atoms. The van der Waals surface area contributed by atoms with Crippen LogP contribution in [0.5, 0.6) is 17.2 Å². The Labute approximate surface area is 104 Å². The zero-order valence-electron chi connectivity index (χ0n) is 9.88. The third kappa shape index (κ3) is 2.38. The lowest BCUT2D eigenvalue weighted by Crippen LogP contribution is -2.17. The number of H-pyrrole nitrogens is 1. The van der Waals surface area contributed by atoms with Crippen molar-refractivity contribution >= 4 is 0 Å². The van der Waals surface area contributed by atoms with Crippen molar-refractivity contribution in [2.45, 2.75) is 19.5 Å². The number of nitrogens with one attached hydrogen (secondary N) is 2. The Hall–Kier alpha value is -2.21. The minimum Gasteiger partial charge on any atom is -0.504 e. The SMILES string of the molecule is CC(NCc1ccc(O)c(O)c1O)c1cn[nH]c1. The summed E-state index contributed by atoms with van der Waals surface area (Å²) in [6.07, 6.45) is 3.50. The third-order valence-corrected chi connectivity index (χ3v) is 2.83. The van der Waals surface area contributed by atoms with E-state index in [9.17, 15) is 15.3 Å². The van der Waals surface area contributed by atoms with Crippen LogP contribution in [0.15, 0.2) is 24.5 Å². The van der Waals surface area contributed by atoms with Crippen molar-refractivity contribution in [3.8, 4) is 17.2 Å². The number of nitrogens with zero attached hydrogens (tertiary/aromatic N) is 1. The van der Waals surface area contributed by atoms with Crippen molar-refractivity contribution in [1.29, 1.82) is 0 Å². The van der Waals surface area contributed by atoms with Gasteiger partial charge in [0.2, 0.25) is 5.75 Å². The van der Waals surface area contributed by atoms with Crippen LogP contribution in [0.4, 0.5) is 0 Å². The molecule has 0 spiro atoms. The van der Waals surface area contributed by atoms with Gasteiger partial charge in [-0.3, -0.25) is 5.10 Å². The Morgan fingerprint density at radius 2 is 2.06 bits per heavy atom. The van der Waals surface area contributed by atoms with Gasteiger partial charge >= 0.3 is 0 Å². The first kappa shape index (κ1) is 12.3. The van der Waals surface area contributed by atoms with E-state index in [1.54, 1.807) is 18.5 Å². The molecule has 0 saturated carbocycles. The topological polar surface area (TPSA) is 101 Å². The molecule has 0 saturated heterocycles. The smallest absolute Gasteiger partial charge is 0.200 e. The fraction of sp³-hybridized carbons (Fsp3) is 0.250. The minimum atomic E-state index is -0.495. The first-order valence-electron chi connectivity index (χ1n) is 5.54. The molecule has 5 N–H and O–H groups in total. The maximum Gasteiger partial charge on any atom is 0.200 e. The molecule has 2 rings (SSSR count). The average Bonchev–Trinajstić information content (AvgIpc) is 2.89. The van der Waals surface area contributed by atoms with E-state index in [4.69, 9.17) is 0 Å². The highest BCUT2D eigenvalue weighted by atomic mass is 16.3. The standard InChI is InChI=1S/C12H15N3O3/c1-7(9-5-14-15-6-9)13-4-8-2-3-10(16)12(18)11(8)17/h2-3,5-7,13,16-18H,4H2,1H3,(H,14,15). The predicted octanol–water partition coefficient (Wildman–Crippen LogP) is 1.38. The Morgan fingerprint density at radius 1 is 1.28 bits per heavy atom. The number of phenols is 3.